The maximum atomic E-state index is 12.2. The van der Waals surface area contributed by atoms with E-state index in [-0.39, 0.29) is 17.7 Å². The van der Waals surface area contributed by atoms with Gasteiger partial charge in [-0.05, 0) is 43.3 Å². The molecule has 2 aromatic rings. The van der Waals surface area contributed by atoms with Gasteiger partial charge in [0.1, 0.15) is 0 Å². The van der Waals surface area contributed by atoms with E-state index in [4.69, 9.17) is 0 Å². The van der Waals surface area contributed by atoms with E-state index in [0.29, 0.717) is 24.3 Å². The van der Waals surface area contributed by atoms with E-state index in [1.54, 1.807) is 24.3 Å². The second-order valence-electron chi connectivity index (χ2n) is 6.02. The van der Waals surface area contributed by atoms with Crippen molar-refractivity contribution in [2.45, 2.75) is 13.3 Å². The molecule has 5 nitrogen and oxygen atoms in total. The van der Waals surface area contributed by atoms with E-state index in [2.05, 4.69) is 16.0 Å². The van der Waals surface area contributed by atoms with E-state index in [1.165, 1.54) is 5.56 Å². The Hall–Kier alpha value is -2.66. The third kappa shape index (κ3) is 6.04. The van der Waals surface area contributed by atoms with Crippen LogP contribution in [0.3, 0.4) is 0 Å². The van der Waals surface area contributed by atoms with Gasteiger partial charge in [0.05, 0.1) is 0 Å². The maximum Gasteiger partial charge on any atom is 0.251 e. The lowest BCUT2D eigenvalue weighted by Gasteiger charge is -2.12. The molecule has 0 aromatic heterocycles. The lowest BCUT2D eigenvalue weighted by atomic mass is 10.1. The van der Waals surface area contributed by atoms with Crippen molar-refractivity contribution in [2.24, 2.45) is 5.92 Å². The van der Waals surface area contributed by atoms with Crippen molar-refractivity contribution >= 4 is 17.5 Å². The van der Waals surface area contributed by atoms with Crippen LogP contribution in [-0.4, -0.2) is 32.0 Å². The minimum absolute atomic E-state index is 0.0468. The van der Waals surface area contributed by atoms with Gasteiger partial charge in [0, 0.05) is 30.3 Å². The summed E-state index contributed by atoms with van der Waals surface area (Å²) in [5.74, 6) is -0.280. The Morgan fingerprint density at radius 2 is 1.68 bits per heavy atom. The highest BCUT2D eigenvalue weighted by Gasteiger charge is 2.12. The van der Waals surface area contributed by atoms with Gasteiger partial charge in [-0.15, -0.1) is 0 Å². The van der Waals surface area contributed by atoms with Crippen molar-refractivity contribution in [3.8, 4) is 0 Å². The summed E-state index contributed by atoms with van der Waals surface area (Å²) in [5.41, 5.74) is 2.46. The van der Waals surface area contributed by atoms with Crippen molar-refractivity contribution < 1.29 is 9.59 Å². The van der Waals surface area contributed by atoms with Crippen LogP contribution in [0.2, 0.25) is 0 Å². The van der Waals surface area contributed by atoms with Gasteiger partial charge in [-0.1, -0.05) is 37.3 Å². The molecule has 1 unspecified atom stereocenters. The van der Waals surface area contributed by atoms with Gasteiger partial charge in [-0.2, -0.15) is 0 Å². The van der Waals surface area contributed by atoms with Crippen molar-refractivity contribution in [1.29, 1.82) is 0 Å². The van der Waals surface area contributed by atoms with Gasteiger partial charge < -0.3 is 16.0 Å². The number of rotatable bonds is 8. The Labute approximate surface area is 148 Å². The SMILES string of the molecule is CNCC(C)C(=O)Nc1ccc(C(=O)NCCc2ccccc2)cc1. The summed E-state index contributed by atoms with van der Waals surface area (Å²) in [6.45, 7) is 3.07. The first kappa shape index (κ1) is 18.7. The second-order valence-corrected chi connectivity index (χ2v) is 6.02. The zero-order chi connectivity index (χ0) is 18.1. The van der Waals surface area contributed by atoms with Crippen LogP contribution in [0.15, 0.2) is 54.6 Å². The molecule has 0 saturated carbocycles. The lowest BCUT2D eigenvalue weighted by Crippen LogP contribution is -2.28. The number of carbonyl (C=O) groups is 2. The summed E-state index contributed by atoms with van der Waals surface area (Å²) in [5, 5.41) is 8.73. The number of hydrogen-bond donors (Lipinski definition) is 3. The Balaban J connectivity index is 1.82. The van der Waals surface area contributed by atoms with E-state index in [1.807, 2.05) is 44.3 Å². The van der Waals surface area contributed by atoms with Crippen LogP contribution in [0.25, 0.3) is 0 Å². The molecule has 5 heteroatoms. The molecule has 0 aliphatic carbocycles. The van der Waals surface area contributed by atoms with Crippen LogP contribution < -0.4 is 16.0 Å². The summed E-state index contributed by atoms with van der Waals surface area (Å²) in [4.78, 5) is 24.1. The predicted octanol–water partition coefficient (Wildman–Crippen LogP) is 2.45. The molecular weight excluding hydrogens is 314 g/mol. The van der Waals surface area contributed by atoms with Crippen molar-refractivity contribution in [3.05, 3.63) is 65.7 Å². The Morgan fingerprint density at radius 3 is 2.32 bits per heavy atom. The number of hydrogen-bond acceptors (Lipinski definition) is 3. The fourth-order valence-electron chi connectivity index (χ4n) is 2.44. The van der Waals surface area contributed by atoms with E-state index >= 15 is 0 Å². The van der Waals surface area contributed by atoms with Crippen molar-refractivity contribution in [3.63, 3.8) is 0 Å². The van der Waals surface area contributed by atoms with Gasteiger partial charge >= 0.3 is 0 Å². The van der Waals surface area contributed by atoms with Crippen LogP contribution >= 0.6 is 0 Å². The average Bonchev–Trinajstić information content (AvgIpc) is 2.63. The van der Waals surface area contributed by atoms with E-state index in [0.717, 1.165) is 6.42 Å². The van der Waals surface area contributed by atoms with Gasteiger partial charge in [0.25, 0.3) is 5.91 Å². The van der Waals surface area contributed by atoms with Gasteiger partial charge in [-0.25, -0.2) is 0 Å². The molecule has 0 heterocycles. The first-order chi connectivity index (χ1) is 12.1. The molecule has 2 amide bonds. The summed E-state index contributed by atoms with van der Waals surface area (Å²) < 4.78 is 0. The Morgan fingerprint density at radius 1 is 1.00 bits per heavy atom. The molecule has 2 rings (SSSR count). The number of amides is 2. The molecule has 0 spiro atoms. The fraction of sp³-hybridized carbons (Fsp3) is 0.300. The first-order valence-corrected chi connectivity index (χ1v) is 8.48. The number of anilines is 1. The third-order valence-electron chi connectivity index (χ3n) is 3.91. The summed E-state index contributed by atoms with van der Waals surface area (Å²) in [6.07, 6.45) is 0.796. The zero-order valence-corrected chi connectivity index (χ0v) is 14.7. The van der Waals surface area contributed by atoms with Gasteiger partial charge in [-0.3, -0.25) is 9.59 Å². The highest BCUT2D eigenvalue weighted by molar-refractivity contribution is 5.96. The third-order valence-corrected chi connectivity index (χ3v) is 3.91. The highest BCUT2D eigenvalue weighted by Crippen LogP contribution is 2.11. The molecule has 0 saturated heterocycles. The van der Waals surface area contributed by atoms with Gasteiger partial charge in [0.15, 0.2) is 0 Å². The van der Waals surface area contributed by atoms with Crippen LogP contribution in [0.1, 0.15) is 22.8 Å². The van der Waals surface area contributed by atoms with Crippen LogP contribution in [0, 0.1) is 5.92 Å². The quantitative estimate of drug-likeness (QED) is 0.692. The predicted molar refractivity (Wildman–Crippen MR) is 101 cm³/mol. The zero-order valence-electron chi connectivity index (χ0n) is 14.7. The van der Waals surface area contributed by atoms with Crippen LogP contribution in [-0.2, 0) is 11.2 Å². The molecule has 25 heavy (non-hydrogen) atoms. The topological polar surface area (TPSA) is 70.2 Å². The summed E-state index contributed by atoms with van der Waals surface area (Å²) in [7, 11) is 1.81. The second kappa shape index (κ2) is 9.59. The van der Waals surface area contributed by atoms with Gasteiger partial charge in [0.2, 0.25) is 5.91 Å². The maximum absolute atomic E-state index is 12.2. The fourth-order valence-corrected chi connectivity index (χ4v) is 2.44. The molecule has 3 N–H and O–H groups in total. The lowest BCUT2D eigenvalue weighted by molar-refractivity contribution is -0.119. The molecule has 0 aliphatic heterocycles. The minimum atomic E-state index is -0.119. The normalized spacial score (nSPS) is 11.6. The number of benzene rings is 2. The monoisotopic (exact) mass is 339 g/mol. The largest absolute Gasteiger partial charge is 0.352 e. The van der Waals surface area contributed by atoms with Crippen molar-refractivity contribution in [1.82, 2.24) is 10.6 Å². The van der Waals surface area contributed by atoms with E-state index < -0.39 is 0 Å². The summed E-state index contributed by atoms with van der Waals surface area (Å²) in [6, 6.07) is 17.0. The summed E-state index contributed by atoms with van der Waals surface area (Å²) >= 11 is 0. The first-order valence-electron chi connectivity index (χ1n) is 8.48. The number of carbonyl (C=O) groups excluding carboxylic acids is 2. The number of nitrogens with one attached hydrogen (secondary N) is 3. The smallest absolute Gasteiger partial charge is 0.251 e. The molecule has 0 radical (unpaired) electrons. The molecule has 0 aliphatic rings. The molecule has 1 atom stereocenters. The molecular formula is C20H25N3O2. The molecule has 0 bridgehead atoms. The molecule has 132 valence electrons. The minimum Gasteiger partial charge on any atom is -0.352 e. The highest BCUT2D eigenvalue weighted by atomic mass is 16.2. The Kier molecular flexibility index (Phi) is 7.16. The van der Waals surface area contributed by atoms with Crippen LogP contribution in [0.4, 0.5) is 5.69 Å². The average molecular weight is 339 g/mol. The van der Waals surface area contributed by atoms with Crippen molar-refractivity contribution in [2.75, 3.05) is 25.5 Å². The molecule has 0 fully saturated rings. The standard InChI is InChI=1S/C20H25N3O2/c1-15(14-21-2)19(24)23-18-10-8-17(9-11-18)20(25)22-13-12-16-6-4-3-5-7-16/h3-11,15,21H,12-14H2,1-2H3,(H,22,25)(H,23,24). The molecule has 2 aromatic carbocycles. The van der Waals surface area contributed by atoms with Crippen LogP contribution in [0.5, 0.6) is 0 Å². The van der Waals surface area contributed by atoms with E-state index in [9.17, 15) is 9.59 Å². The Bertz CT molecular complexity index is 684.